The Labute approximate surface area is 218 Å². The maximum absolute atomic E-state index is 13.2. The molecule has 1 aromatic heterocycles. The zero-order valence-corrected chi connectivity index (χ0v) is 22.3. The van der Waals surface area contributed by atoms with Crippen molar-refractivity contribution in [1.29, 1.82) is 0 Å². The van der Waals surface area contributed by atoms with E-state index in [4.69, 9.17) is 9.47 Å². The second-order valence-electron chi connectivity index (χ2n) is 11.1. The summed E-state index contributed by atoms with van der Waals surface area (Å²) >= 11 is 0. The maximum atomic E-state index is 13.2. The predicted molar refractivity (Wildman–Crippen MR) is 146 cm³/mol. The summed E-state index contributed by atoms with van der Waals surface area (Å²) in [5.74, 6) is 0.840. The third kappa shape index (κ3) is 5.37. The van der Waals surface area contributed by atoms with E-state index in [2.05, 4.69) is 17.9 Å². The van der Waals surface area contributed by atoms with Crippen LogP contribution in [0.15, 0.2) is 48.7 Å². The first-order chi connectivity index (χ1) is 17.7. The number of fused-ring (bicyclic) bond motifs is 2. The number of likely N-dealkylation sites (tertiary alicyclic amines) is 1. The molecule has 7 heteroatoms. The van der Waals surface area contributed by atoms with E-state index in [-0.39, 0.29) is 5.91 Å². The molecule has 0 aliphatic carbocycles. The fraction of sp³-hybridized carbons (Fsp3) is 0.467. The number of carbonyl (C=O) groups excluding carboxylic acids is 2. The van der Waals surface area contributed by atoms with E-state index in [1.165, 1.54) is 24.0 Å². The van der Waals surface area contributed by atoms with Gasteiger partial charge in [-0.15, -0.1) is 0 Å². The summed E-state index contributed by atoms with van der Waals surface area (Å²) in [6.07, 6.45) is 5.89. The third-order valence-electron chi connectivity index (χ3n) is 7.22. The van der Waals surface area contributed by atoms with Crippen LogP contribution in [0.4, 0.5) is 16.2 Å². The molecule has 0 radical (unpaired) electrons. The average molecular weight is 504 g/mol. The minimum absolute atomic E-state index is 0.00740. The summed E-state index contributed by atoms with van der Waals surface area (Å²) in [6.45, 7) is 10.8. The second kappa shape index (κ2) is 10.2. The van der Waals surface area contributed by atoms with Crippen LogP contribution in [0, 0.1) is 0 Å². The summed E-state index contributed by atoms with van der Waals surface area (Å²) in [4.78, 5) is 30.5. The summed E-state index contributed by atoms with van der Waals surface area (Å²) in [5.41, 5.74) is 2.67. The highest BCUT2D eigenvalue weighted by Crippen LogP contribution is 2.40. The van der Waals surface area contributed by atoms with Gasteiger partial charge in [0.25, 0.3) is 0 Å². The van der Waals surface area contributed by atoms with Crippen molar-refractivity contribution in [2.75, 3.05) is 24.6 Å². The van der Waals surface area contributed by atoms with E-state index in [1.54, 1.807) is 11.1 Å². The van der Waals surface area contributed by atoms with Gasteiger partial charge in [0.1, 0.15) is 11.4 Å². The molecule has 7 nitrogen and oxygen atoms in total. The van der Waals surface area contributed by atoms with Gasteiger partial charge in [0.2, 0.25) is 5.91 Å². The molecule has 1 amide bonds. The van der Waals surface area contributed by atoms with E-state index in [9.17, 15) is 9.59 Å². The molecule has 2 aromatic carbocycles. The second-order valence-corrected chi connectivity index (χ2v) is 11.1. The normalized spacial score (nSPS) is 18.3. The molecule has 0 saturated carbocycles. The highest BCUT2D eigenvalue weighted by Gasteiger charge is 2.30. The monoisotopic (exact) mass is 503 g/mol. The lowest BCUT2D eigenvalue weighted by molar-refractivity contribution is -0.118. The van der Waals surface area contributed by atoms with Gasteiger partial charge in [0.15, 0.2) is 0 Å². The van der Waals surface area contributed by atoms with Crippen molar-refractivity contribution in [3.8, 4) is 5.75 Å². The first kappa shape index (κ1) is 25.3. The van der Waals surface area contributed by atoms with Gasteiger partial charge in [-0.25, -0.2) is 4.79 Å². The molecule has 37 heavy (non-hydrogen) atoms. The first-order valence-corrected chi connectivity index (χ1v) is 13.4. The molecule has 3 heterocycles. The number of benzene rings is 2. The van der Waals surface area contributed by atoms with Crippen LogP contribution in [-0.4, -0.2) is 52.8 Å². The predicted octanol–water partition coefficient (Wildman–Crippen LogP) is 6.29. The quantitative estimate of drug-likeness (QED) is 0.370. The van der Waals surface area contributed by atoms with Crippen LogP contribution in [0.3, 0.4) is 0 Å². The lowest BCUT2D eigenvalue weighted by Gasteiger charge is -2.29. The average Bonchev–Trinajstić information content (AvgIpc) is 3.44. The number of ether oxygens (including phenoxy) is 2. The van der Waals surface area contributed by atoms with E-state index in [0.717, 1.165) is 35.4 Å². The molecule has 0 bridgehead atoms. The van der Waals surface area contributed by atoms with Gasteiger partial charge in [-0.05, 0) is 89.8 Å². The van der Waals surface area contributed by atoms with Crippen LogP contribution >= 0.6 is 0 Å². The van der Waals surface area contributed by atoms with Crippen molar-refractivity contribution in [1.82, 2.24) is 9.47 Å². The number of hydrogen-bond acceptors (Lipinski definition) is 5. The van der Waals surface area contributed by atoms with Gasteiger partial charge < -0.3 is 14.4 Å². The Morgan fingerprint density at radius 3 is 2.65 bits per heavy atom. The van der Waals surface area contributed by atoms with Crippen molar-refractivity contribution >= 4 is 34.3 Å². The topological polar surface area (TPSA) is 64.0 Å². The Morgan fingerprint density at radius 2 is 1.89 bits per heavy atom. The van der Waals surface area contributed by atoms with Crippen molar-refractivity contribution in [3.63, 3.8) is 0 Å². The maximum Gasteiger partial charge on any atom is 0.419 e. The highest BCUT2D eigenvalue weighted by molar-refractivity contribution is 6.11. The third-order valence-corrected chi connectivity index (χ3v) is 7.22. The number of carbonyl (C=O) groups is 2. The van der Waals surface area contributed by atoms with Crippen molar-refractivity contribution in [2.45, 2.75) is 71.4 Å². The Kier molecular flexibility index (Phi) is 6.99. The van der Waals surface area contributed by atoms with Crippen LogP contribution in [0.1, 0.15) is 58.9 Å². The van der Waals surface area contributed by atoms with Crippen LogP contribution in [0.25, 0.3) is 10.9 Å². The van der Waals surface area contributed by atoms with Gasteiger partial charge in [-0.2, -0.15) is 0 Å². The summed E-state index contributed by atoms with van der Waals surface area (Å²) in [7, 11) is 0. The standard InChI is InChI=1S/C30H37N3O4/c1-21-9-7-16-31(21)17-8-18-36-23-13-14-25-22(19-23)12-15-28(34)33(25)27-20-32(29(35)37-30(2,3)4)26-11-6-5-10-24(26)27/h5-6,10-11,13-14,19-21H,7-9,12,15-18H2,1-4H3/t21-/m1/s1. The number of para-hydroxylation sites is 1. The summed E-state index contributed by atoms with van der Waals surface area (Å²) < 4.78 is 13.2. The number of hydrogen-bond donors (Lipinski definition) is 0. The molecule has 0 unspecified atom stereocenters. The zero-order valence-electron chi connectivity index (χ0n) is 22.3. The zero-order chi connectivity index (χ0) is 26.2. The molecular formula is C30H37N3O4. The molecule has 5 rings (SSSR count). The number of aryl methyl sites for hydroxylation is 1. The summed E-state index contributed by atoms with van der Waals surface area (Å²) in [5, 5.41) is 0.825. The van der Waals surface area contributed by atoms with Crippen LogP contribution in [-0.2, 0) is 16.0 Å². The molecule has 196 valence electrons. The number of aromatic nitrogens is 1. The van der Waals surface area contributed by atoms with Crippen LogP contribution in [0.2, 0.25) is 0 Å². The van der Waals surface area contributed by atoms with Gasteiger partial charge in [0.05, 0.1) is 23.5 Å². The molecule has 1 fully saturated rings. The van der Waals surface area contributed by atoms with Crippen LogP contribution in [0.5, 0.6) is 5.75 Å². The van der Waals surface area contributed by atoms with Crippen LogP contribution < -0.4 is 9.64 Å². The lowest BCUT2D eigenvalue weighted by atomic mass is 10.00. The molecule has 1 atom stereocenters. The van der Waals surface area contributed by atoms with Gasteiger partial charge >= 0.3 is 6.09 Å². The molecule has 1 saturated heterocycles. The molecule has 2 aliphatic heterocycles. The summed E-state index contributed by atoms with van der Waals surface area (Å²) in [6, 6.07) is 14.2. The number of amides is 1. The molecule has 0 spiro atoms. The Morgan fingerprint density at radius 1 is 1.08 bits per heavy atom. The number of anilines is 2. The Hall–Kier alpha value is -3.32. The van der Waals surface area contributed by atoms with E-state index in [1.807, 2.05) is 57.2 Å². The van der Waals surface area contributed by atoms with E-state index in [0.29, 0.717) is 36.7 Å². The smallest absolute Gasteiger partial charge is 0.419 e. The molecule has 2 aliphatic rings. The SMILES string of the molecule is C[C@@H]1CCCN1CCCOc1ccc2c(c1)CCC(=O)N2c1cn(C(=O)OC(C)(C)C)c2ccccc12. The largest absolute Gasteiger partial charge is 0.494 e. The molecule has 3 aromatic rings. The first-order valence-electron chi connectivity index (χ1n) is 13.4. The van der Waals surface area contributed by atoms with Crippen molar-refractivity contribution in [3.05, 3.63) is 54.2 Å². The Bertz CT molecular complexity index is 1310. The van der Waals surface area contributed by atoms with Gasteiger partial charge in [-0.1, -0.05) is 18.2 Å². The van der Waals surface area contributed by atoms with E-state index < -0.39 is 11.7 Å². The van der Waals surface area contributed by atoms with Gasteiger partial charge in [0, 0.05) is 30.6 Å². The lowest BCUT2D eigenvalue weighted by Crippen LogP contribution is -2.31. The van der Waals surface area contributed by atoms with Gasteiger partial charge in [-0.3, -0.25) is 14.3 Å². The minimum Gasteiger partial charge on any atom is -0.494 e. The number of rotatable bonds is 6. The molecular weight excluding hydrogens is 466 g/mol. The fourth-order valence-electron chi connectivity index (χ4n) is 5.41. The minimum atomic E-state index is -0.626. The van der Waals surface area contributed by atoms with Crippen molar-refractivity contribution in [2.24, 2.45) is 0 Å². The Balaban J connectivity index is 1.38. The van der Waals surface area contributed by atoms with E-state index >= 15 is 0 Å². The molecule has 0 N–H and O–H groups in total. The fourth-order valence-corrected chi connectivity index (χ4v) is 5.41. The van der Waals surface area contributed by atoms with Crippen molar-refractivity contribution < 1.29 is 19.1 Å². The number of nitrogens with zero attached hydrogens (tertiary/aromatic N) is 3. The highest BCUT2D eigenvalue weighted by atomic mass is 16.6.